The summed E-state index contributed by atoms with van der Waals surface area (Å²) < 4.78 is 18.4. The number of anilines is 1. The first-order valence-corrected chi connectivity index (χ1v) is 6.33. The van der Waals surface area contributed by atoms with Gasteiger partial charge in [0, 0.05) is 17.8 Å². The van der Waals surface area contributed by atoms with Gasteiger partial charge in [-0.25, -0.2) is 4.39 Å². The zero-order chi connectivity index (χ0) is 12.3. The topological polar surface area (TPSA) is 21.3 Å². The van der Waals surface area contributed by atoms with Gasteiger partial charge in [-0.3, -0.25) is 0 Å². The van der Waals surface area contributed by atoms with Crippen LogP contribution in [0.4, 0.5) is 10.1 Å². The summed E-state index contributed by atoms with van der Waals surface area (Å²) in [5, 5.41) is 3.40. The number of hydrogen-bond donors (Lipinski definition) is 1. The molecule has 1 saturated carbocycles. The Hall–Kier alpha value is -1.25. The molecule has 2 atom stereocenters. The molecule has 1 aliphatic carbocycles. The summed E-state index contributed by atoms with van der Waals surface area (Å²) in [7, 11) is 1.48. The van der Waals surface area contributed by atoms with Gasteiger partial charge in [0.15, 0.2) is 11.6 Å². The van der Waals surface area contributed by atoms with E-state index in [9.17, 15) is 4.39 Å². The molecule has 1 fully saturated rings. The monoisotopic (exact) mass is 237 g/mol. The van der Waals surface area contributed by atoms with E-state index in [2.05, 4.69) is 12.2 Å². The molecule has 1 N–H and O–H groups in total. The summed E-state index contributed by atoms with van der Waals surface area (Å²) in [6.07, 6.45) is 4.91. The molecule has 17 heavy (non-hydrogen) atoms. The molecule has 0 saturated heterocycles. The van der Waals surface area contributed by atoms with Crippen LogP contribution in [0.1, 0.15) is 32.6 Å². The quantitative estimate of drug-likeness (QED) is 0.859. The highest BCUT2D eigenvalue weighted by Gasteiger charge is 2.23. The van der Waals surface area contributed by atoms with Crippen LogP contribution < -0.4 is 10.1 Å². The molecule has 0 aromatic heterocycles. The van der Waals surface area contributed by atoms with Gasteiger partial charge in [-0.15, -0.1) is 0 Å². The molecule has 1 aliphatic rings. The maximum Gasteiger partial charge on any atom is 0.167 e. The van der Waals surface area contributed by atoms with Crippen LogP contribution >= 0.6 is 0 Å². The lowest BCUT2D eigenvalue weighted by Gasteiger charge is -2.15. The Labute approximate surface area is 102 Å². The molecule has 2 rings (SSSR count). The Bertz CT molecular complexity index is 380. The number of halogens is 1. The normalized spacial score (nSPS) is 23.7. The molecule has 0 heterocycles. The Morgan fingerprint density at radius 3 is 2.82 bits per heavy atom. The molecule has 94 valence electrons. The smallest absolute Gasteiger partial charge is 0.167 e. The van der Waals surface area contributed by atoms with E-state index in [-0.39, 0.29) is 5.82 Å². The molecular formula is C14H20FNO. The molecule has 0 aliphatic heterocycles. The second kappa shape index (κ2) is 5.39. The van der Waals surface area contributed by atoms with Crippen LogP contribution in [0.15, 0.2) is 18.2 Å². The molecule has 2 unspecified atom stereocenters. The molecule has 2 nitrogen and oxygen atoms in total. The van der Waals surface area contributed by atoms with Crippen LogP contribution in [0, 0.1) is 11.7 Å². The lowest BCUT2D eigenvalue weighted by atomic mass is 10.1. The van der Waals surface area contributed by atoms with E-state index in [4.69, 9.17) is 4.74 Å². The summed E-state index contributed by atoms with van der Waals surface area (Å²) in [6.45, 7) is 2.24. The van der Waals surface area contributed by atoms with E-state index in [1.165, 1.54) is 38.9 Å². The minimum atomic E-state index is -0.303. The van der Waals surface area contributed by atoms with Crippen molar-refractivity contribution >= 4 is 5.69 Å². The lowest BCUT2D eigenvalue weighted by Crippen LogP contribution is -2.15. The van der Waals surface area contributed by atoms with Gasteiger partial charge in [0.25, 0.3) is 0 Å². The SMILES string of the molecule is CCC1CCC(Nc2ccc(OC)c(F)c2)C1. The maximum absolute atomic E-state index is 13.5. The van der Waals surface area contributed by atoms with E-state index in [1.807, 2.05) is 6.07 Å². The highest BCUT2D eigenvalue weighted by atomic mass is 19.1. The third kappa shape index (κ3) is 2.90. The highest BCUT2D eigenvalue weighted by molar-refractivity contribution is 5.48. The summed E-state index contributed by atoms with van der Waals surface area (Å²) in [6, 6.07) is 5.55. The van der Waals surface area contributed by atoms with Crippen molar-refractivity contribution in [1.82, 2.24) is 0 Å². The van der Waals surface area contributed by atoms with E-state index in [0.717, 1.165) is 11.6 Å². The third-order valence-corrected chi connectivity index (χ3v) is 3.64. The Morgan fingerprint density at radius 2 is 2.24 bits per heavy atom. The van der Waals surface area contributed by atoms with Crippen molar-refractivity contribution in [1.29, 1.82) is 0 Å². The van der Waals surface area contributed by atoms with Gasteiger partial charge >= 0.3 is 0 Å². The fraction of sp³-hybridized carbons (Fsp3) is 0.571. The average Bonchev–Trinajstić information content (AvgIpc) is 2.77. The van der Waals surface area contributed by atoms with Crippen molar-refractivity contribution in [2.75, 3.05) is 12.4 Å². The third-order valence-electron chi connectivity index (χ3n) is 3.64. The van der Waals surface area contributed by atoms with Crippen LogP contribution in [0.3, 0.4) is 0 Å². The van der Waals surface area contributed by atoms with Gasteiger partial charge in [-0.2, -0.15) is 0 Å². The largest absolute Gasteiger partial charge is 0.494 e. The minimum Gasteiger partial charge on any atom is -0.494 e. The van der Waals surface area contributed by atoms with Gasteiger partial charge < -0.3 is 10.1 Å². The fourth-order valence-corrected chi connectivity index (χ4v) is 2.57. The predicted octanol–water partition coefficient (Wildman–Crippen LogP) is 3.82. The zero-order valence-corrected chi connectivity index (χ0v) is 10.5. The van der Waals surface area contributed by atoms with Crippen LogP contribution in [-0.4, -0.2) is 13.2 Å². The first-order valence-electron chi connectivity index (χ1n) is 6.33. The van der Waals surface area contributed by atoms with Crippen LogP contribution in [0.25, 0.3) is 0 Å². The zero-order valence-electron chi connectivity index (χ0n) is 10.5. The van der Waals surface area contributed by atoms with E-state index < -0.39 is 0 Å². The van der Waals surface area contributed by atoms with E-state index in [1.54, 1.807) is 6.07 Å². The number of rotatable bonds is 4. The van der Waals surface area contributed by atoms with Crippen molar-refractivity contribution in [3.05, 3.63) is 24.0 Å². The second-order valence-corrected chi connectivity index (χ2v) is 4.78. The first-order chi connectivity index (χ1) is 8.22. The number of methoxy groups -OCH3 is 1. The van der Waals surface area contributed by atoms with Crippen molar-refractivity contribution in [2.45, 2.75) is 38.6 Å². The molecule has 0 spiro atoms. The van der Waals surface area contributed by atoms with E-state index >= 15 is 0 Å². The molecule has 1 aromatic carbocycles. The van der Waals surface area contributed by atoms with Crippen LogP contribution in [0.5, 0.6) is 5.75 Å². The molecule has 0 radical (unpaired) electrons. The molecule has 1 aromatic rings. The molecular weight excluding hydrogens is 217 g/mol. The number of nitrogens with one attached hydrogen (secondary N) is 1. The van der Waals surface area contributed by atoms with Crippen molar-refractivity contribution < 1.29 is 9.13 Å². The maximum atomic E-state index is 13.5. The van der Waals surface area contributed by atoms with Crippen LogP contribution in [-0.2, 0) is 0 Å². The van der Waals surface area contributed by atoms with Crippen molar-refractivity contribution in [2.24, 2.45) is 5.92 Å². The average molecular weight is 237 g/mol. The summed E-state index contributed by atoms with van der Waals surface area (Å²) in [5.41, 5.74) is 0.852. The van der Waals surface area contributed by atoms with Crippen molar-refractivity contribution in [3.63, 3.8) is 0 Å². The minimum absolute atomic E-state index is 0.299. The second-order valence-electron chi connectivity index (χ2n) is 4.78. The summed E-state index contributed by atoms with van der Waals surface area (Å²) in [5.74, 6) is 0.826. The molecule has 0 bridgehead atoms. The summed E-state index contributed by atoms with van der Waals surface area (Å²) >= 11 is 0. The van der Waals surface area contributed by atoms with Gasteiger partial charge in [-0.1, -0.05) is 13.3 Å². The Balaban J connectivity index is 1.97. The van der Waals surface area contributed by atoms with E-state index in [0.29, 0.717) is 11.8 Å². The number of benzene rings is 1. The van der Waals surface area contributed by atoms with Crippen molar-refractivity contribution in [3.8, 4) is 5.75 Å². The predicted molar refractivity (Wildman–Crippen MR) is 68.0 cm³/mol. The van der Waals surface area contributed by atoms with Gasteiger partial charge in [0.05, 0.1) is 7.11 Å². The Morgan fingerprint density at radius 1 is 1.41 bits per heavy atom. The standard InChI is InChI=1S/C14H20FNO/c1-3-10-4-5-11(8-10)16-12-6-7-14(17-2)13(15)9-12/h6-7,9-11,16H,3-5,8H2,1-2H3. The van der Waals surface area contributed by atoms with Crippen LogP contribution in [0.2, 0.25) is 0 Å². The van der Waals surface area contributed by atoms with Gasteiger partial charge in [0.2, 0.25) is 0 Å². The number of hydrogen-bond acceptors (Lipinski definition) is 2. The Kier molecular flexibility index (Phi) is 3.87. The fourth-order valence-electron chi connectivity index (χ4n) is 2.57. The summed E-state index contributed by atoms with van der Waals surface area (Å²) in [4.78, 5) is 0. The number of ether oxygens (including phenoxy) is 1. The molecule has 0 amide bonds. The first kappa shape index (κ1) is 12.2. The lowest BCUT2D eigenvalue weighted by molar-refractivity contribution is 0.386. The van der Waals surface area contributed by atoms with Gasteiger partial charge in [-0.05, 0) is 37.3 Å². The van der Waals surface area contributed by atoms with Gasteiger partial charge in [0.1, 0.15) is 0 Å². The molecule has 3 heteroatoms. The highest BCUT2D eigenvalue weighted by Crippen LogP contribution is 2.31.